The average molecular weight is 195 g/mol. The number of rotatable bonds is 4. The van der Waals surface area contributed by atoms with E-state index in [0.717, 1.165) is 24.8 Å². The highest BCUT2D eigenvalue weighted by molar-refractivity contribution is 5.26. The van der Waals surface area contributed by atoms with Gasteiger partial charge in [-0.15, -0.1) is 0 Å². The van der Waals surface area contributed by atoms with Crippen molar-refractivity contribution < 1.29 is 4.39 Å². The normalized spacial score (nSPS) is 12.9. The Bertz CT molecular complexity index is 296. The Balaban J connectivity index is 2.70. The fourth-order valence-corrected chi connectivity index (χ4v) is 1.49. The fourth-order valence-electron chi connectivity index (χ4n) is 1.49. The molecule has 0 heterocycles. The van der Waals surface area contributed by atoms with E-state index in [4.69, 9.17) is 5.73 Å². The Hall–Kier alpha value is -0.890. The molecule has 0 aromatic heterocycles. The van der Waals surface area contributed by atoms with E-state index in [1.807, 2.05) is 6.07 Å². The number of aryl methyl sites for hydroxylation is 1. The van der Waals surface area contributed by atoms with Crippen molar-refractivity contribution in [3.63, 3.8) is 0 Å². The Morgan fingerprint density at radius 2 is 2.14 bits per heavy atom. The molecule has 0 aliphatic rings. The van der Waals surface area contributed by atoms with Gasteiger partial charge in [-0.2, -0.15) is 0 Å². The maximum Gasteiger partial charge on any atom is 0.126 e. The number of halogens is 1. The third-order valence-electron chi connectivity index (χ3n) is 2.48. The summed E-state index contributed by atoms with van der Waals surface area (Å²) < 4.78 is 13.0. The van der Waals surface area contributed by atoms with Gasteiger partial charge < -0.3 is 5.73 Å². The van der Waals surface area contributed by atoms with Crippen molar-refractivity contribution in [3.05, 3.63) is 35.1 Å². The maximum atomic E-state index is 13.0. The molecule has 0 unspecified atom stereocenters. The van der Waals surface area contributed by atoms with Crippen LogP contribution in [0.2, 0.25) is 0 Å². The first-order chi connectivity index (χ1) is 6.65. The summed E-state index contributed by atoms with van der Waals surface area (Å²) >= 11 is 0. The molecule has 0 bridgehead atoms. The molecule has 0 aliphatic carbocycles. The summed E-state index contributed by atoms with van der Waals surface area (Å²) in [5, 5.41) is 0. The van der Waals surface area contributed by atoms with E-state index in [9.17, 15) is 4.39 Å². The predicted octanol–water partition coefficient (Wildman–Crippen LogP) is 3.32. The molecular formula is C12H18FN. The lowest BCUT2D eigenvalue weighted by Gasteiger charge is -2.12. The molecular weight excluding hydrogens is 177 g/mol. The van der Waals surface area contributed by atoms with Crippen molar-refractivity contribution in [2.75, 3.05) is 0 Å². The molecule has 1 rings (SSSR count). The zero-order chi connectivity index (χ0) is 10.6. The van der Waals surface area contributed by atoms with Crippen molar-refractivity contribution in [2.24, 2.45) is 5.73 Å². The maximum absolute atomic E-state index is 13.0. The molecule has 0 fully saturated rings. The summed E-state index contributed by atoms with van der Waals surface area (Å²) in [5.41, 5.74) is 7.69. The minimum atomic E-state index is -0.156. The third kappa shape index (κ3) is 2.81. The van der Waals surface area contributed by atoms with Crippen molar-refractivity contribution in [1.82, 2.24) is 0 Å². The molecule has 0 amide bonds. The molecule has 1 atom stereocenters. The van der Waals surface area contributed by atoms with Gasteiger partial charge in [-0.05, 0) is 30.5 Å². The van der Waals surface area contributed by atoms with E-state index in [1.165, 1.54) is 6.07 Å². The van der Waals surface area contributed by atoms with Gasteiger partial charge >= 0.3 is 0 Å². The van der Waals surface area contributed by atoms with Gasteiger partial charge in [-0.3, -0.25) is 0 Å². The number of hydrogen-bond acceptors (Lipinski definition) is 1. The van der Waals surface area contributed by atoms with Crippen molar-refractivity contribution in [1.29, 1.82) is 0 Å². The fraction of sp³-hybridized carbons (Fsp3) is 0.500. The van der Waals surface area contributed by atoms with Crippen LogP contribution in [0.5, 0.6) is 0 Å². The minimum absolute atomic E-state index is 0.0502. The lowest BCUT2D eigenvalue weighted by atomic mass is 10.0. The smallest absolute Gasteiger partial charge is 0.126 e. The van der Waals surface area contributed by atoms with Gasteiger partial charge in [-0.1, -0.05) is 31.9 Å². The zero-order valence-electron chi connectivity index (χ0n) is 8.89. The Labute approximate surface area is 85.1 Å². The quantitative estimate of drug-likeness (QED) is 0.783. The molecule has 78 valence electrons. The molecule has 0 radical (unpaired) electrons. The topological polar surface area (TPSA) is 26.0 Å². The summed E-state index contributed by atoms with van der Waals surface area (Å²) in [7, 11) is 0. The van der Waals surface area contributed by atoms with E-state index < -0.39 is 0 Å². The molecule has 1 aromatic rings. The van der Waals surface area contributed by atoms with Gasteiger partial charge in [0.1, 0.15) is 5.82 Å². The molecule has 2 heteroatoms. The number of nitrogens with two attached hydrogens (primary N) is 1. The van der Waals surface area contributed by atoms with Gasteiger partial charge in [0.15, 0.2) is 0 Å². The van der Waals surface area contributed by atoms with E-state index in [2.05, 4.69) is 6.92 Å². The summed E-state index contributed by atoms with van der Waals surface area (Å²) in [5.74, 6) is -0.156. The largest absolute Gasteiger partial charge is 0.324 e. The SMILES string of the molecule is CCCC[C@H](N)c1ccc(F)c(C)c1. The number of benzene rings is 1. The molecule has 1 aromatic carbocycles. The Morgan fingerprint density at radius 1 is 1.43 bits per heavy atom. The summed E-state index contributed by atoms with van der Waals surface area (Å²) in [6.07, 6.45) is 3.24. The molecule has 2 N–H and O–H groups in total. The van der Waals surface area contributed by atoms with Crippen LogP contribution in [0.1, 0.15) is 43.4 Å². The summed E-state index contributed by atoms with van der Waals surface area (Å²) in [6.45, 7) is 3.91. The van der Waals surface area contributed by atoms with Crippen LogP contribution in [0, 0.1) is 12.7 Å². The first kappa shape index (κ1) is 11.2. The third-order valence-corrected chi connectivity index (χ3v) is 2.48. The molecule has 0 aliphatic heterocycles. The lowest BCUT2D eigenvalue weighted by molar-refractivity contribution is 0.593. The minimum Gasteiger partial charge on any atom is -0.324 e. The molecule has 14 heavy (non-hydrogen) atoms. The number of unbranched alkanes of at least 4 members (excludes halogenated alkanes) is 1. The lowest BCUT2D eigenvalue weighted by Crippen LogP contribution is -2.10. The van der Waals surface area contributed by atoms with E-state index in [0.29, 0.717) is 5.56 Å². The van der Waals surface area contributed by atoms with Gasteiger partial charge in [0.05, 0.1) is 0 Å². The summed E-state index contributed by atoms with van der Waals surface area (Å²) in [4.78, 5) is 0. The second-order valence-corrected chi connectivity index (χ2v) is 3.76. The van der Waals surface area contributed by atoms with E-state index >= 15 is 0 Å². The molecule has 0 saturated carbocycles. The van der Waals surface area contributed by atoms with Gasteiger partial charge in [0.2, 0.25) is 0 Å². The van der Waals surface area contributed by atoms with Gasteiger partial charge in [-0.25, -0.2) is 4.39 Å². The van der Waals surface area contributed by atoms with Crippen LogP contribution in [0.15, 0.2) is 18.2 Å². The van der Waals surface area contributed by atoms with Gasteiger partial charge in [0.25, 0.3) is 0 Å². The van der Waals surface area contributed by atoms with E-state index in [-0.39, 0.29) is 11.9 Å². The molecule has 0 spiro atoms. The standard InChI is InChI=1S/C12H18FN/c1-3-4-5-12(14)10-6-7-11(13)9(2)8-10/h6-8,12H,3-5,14H2,1-2H3/t12-/m0/s1. The monoisotopic (exact) mass is 195 g/mol. The predicted molar refractivity (Wildman–Crippen MR) is 57.6 cm³/mol. The Kier molecular flexibility index (Phi) is 4.08. The zero-order valence-corrected chi connectivity index (χ0v) is 8.89. The van der Waals surface area contributed by atoms with Crippen molar-refractivity contribution >= 4 is 0 Å². The van der Waals surface area contributed by atoms with Crippen LogP contribution in [0.25, 0.3) is 0 Å². The Morgan fingerprint density at radius 3 is 2.71 bits per heavy atom. The van der Waals surface area contributed by atoms with Crippen LogP contribution in [0.4, 0.5) is 4.39 Å². The summed E-state index contributed by atoms with van der Waals surface area (Å²) in [6, 6.07) is 5.17. The second kappa shape index (κ2) is 5.11. The highest BCUT2D eigenvalue weighted by atomic mass is 19.1. The number of hydrogen-bond donors (Lipinski definition) is 1. The van der Waals surface area contributed by atoms with Crippen LogP contribution in [0.3, 0.4) is 0 Å². The van der Waals surface area contributed by atoms with Crippen LogP contribution in [-0.2, 0) is 0 Å². The molecule has 0 saturated heterocycles. The van der Waals surface area contributed by atoms with Crippen LogP contribution >= 0.6 is 0 Å². The first-order valence-electron chi connectivity index (χ1n) is 5.16. The molecule has 1 nitrogen and oxygen atoms in total. The first-order valence-corrected chi connectivity index (χ1v) is 5.16. The highest BCUT2D eigenvalue weighted by Crippen LogP contribution is 2.19. The van der Waals surface area contributed by atoms with Crippen molar-refractivity contribution in [2.45, 2.75) is 39.2 Å². The average Bonchev–Trinajstić information content (AvgIpc) is 2.18. The second-order valence-electron chi connectivity index (χ2n) is 3.76. The van der Waals surface area contributed by atoms with Gasteiger partial charge in [0, 0.05) is 6.04 Å². The highest BCUT2D eigenvalue weighted by Gasteiger charge is 2.06. The van der Waals surface area contributed by atoms with E-state index in [1.54, 1.807) is 13.0 Å². The van der Waals surface area contributed by atoms with Crippen LogP contribution < -0.4 is 5.73 Å². The van der Waals surface area contributed by atoms with Crippen molar-refractivity contribution in [3.8, 4) is 0 Å². The van der Waals surface area contributed by atoms with Crippen LogP contribution in [-0.4, -0.2) is 0 Å².